The lowest BCUT2D eigenvalue weighted by molar-refractivity contribution is -0.479. The highest BCUT2D eigenvalue weighted by Crippen LogP contribution is 2.39. The van der Waals surface area contributed by atoms with Crippen LogP contribution >= 0.6 is 35.0 Å². The second kappa shape index (κ2) is 11.3. The molecule has 1 heterocycles. The number of aryl methyl sites for hydroxylation is 3. The van der Waals surface area contributed by atoms with Crippen LogP contribution in [0.5, 0.6) is 5.75 Å². The first kappa shape index (κ1) is 26.0. The van der Waals surface area contributed by atoms with Crippen molar-refractivity contribution in [2.75, 3.05) is 6.54 Å². The minimum absolute atomic E-state index is 0.254. The average Bonchev–Trinajstić information content (AvgIpc) is 3.20. The zero-order valence-electron chi connectivity index (χ0n) is 19.9. The van der Waals surface area contributed by atoms with Crippen LogP contribution in [0.25, 0.3) is 5.69 Å². The van der Waals surface area contributed by atoms with Crippen molar-refractivity contribution in [3.8, 4) is 11.4 Å². The van der Waals surface area contributed by atoms with E-state index in [-0.39, 0.29) is 18.1 Å². The van der Waals surface area contributed by atoms with E-state index >= 15 is 0 Å². The van der Waals surface area contributed by atoms with Gasteiger partial charge in [0.1, 0.15) is 23.4 Å². The highest BCUT2D eigenvalue weighted by Gasteiger charge is 2.25. The molecular formula is C26H24Cl2N4O3S. The molecule has 3 aromatic carbocycles. The molecule has 0 saturated carbocycles. The van der Waals surface area contributed by atoms with Gasteiger partial charge in [-0.25, -0.2) is 0 Å². The van der Waals surface area contributed by atoms with E-state index in [2.05, 4.69) is 16.3 Å². The fraction of sp³-hybridized carbons (Fsp3) is 0.231. The van der Waals surface area contributed by atoms with Crippen molar-refractivity contribution in [1.82, 2.24) is 14.8 Å². The molecule has 0 radical (unpaired) electrons. The smallest absolute Gasteiger partial charge is 0.220 e. The van der Waals surface area contributed by atoms with Gasteiger partial charge in [-0.1, -0.05) is 65.3 Å². The summed E-state index contributed by atoms with van der Waals surface area (Å²) in [5, 5.41) is 21.1. The molecule has 0 aliphatic rings. The number of benzene rings is 3. The standard InChI is InChI=1S/C26H24Cl2N4O3S/c1-16-8-10-21(12-17(16)2)32-18(3)29-30-26(32)36-25(14-31(33)34)19-9-11-24(23(28)13-19)35-15-20-6-4-5-7-22(20)27/h4-13,25H,14-15H2,1-3H3/t25-/m0/s1. The summed E-state index contributed by atoms with van der Waals surface area (Å²) in [6, 6.07) is 18.7. The topological polar surface area (TPSA) is 83.1 Å². The highest BCUT2D eigenvalue weighted by molar-refractivity contribution is 7.99. The Bertz CT molecular complexity index is 1410. The molecule has 10 heteroatoms. The zero-order chi connectivity index (χ0) is 25.8. The van der Waals surface area contributed by atoms with Crippen molar-refractivity contribution in [2.45, 2.75) is 37.8 Å². The molecule has 0 fully saturated rings. The average molecular weight is 543 g/mol. The van der Waals surface area contributed by atoms with E-state index < -0.39 is 5.25 Å². The van der Waals surface area contributed by atoms with Crippen LogP contribution in [0.1, 0.15) is 33.3 Å². The van der Waals surface area contributed by atoms with Crippen LogP contribution in [-0.4, -0.2) is 26.2 Å². The SMILES string of the molecule is Cc1ccc(-n2c(C)nnc2S[C@@H](C[N+](=O)[O-])c2ccc(OCc3ccccc3Cl)c(Cl)c2)cc1C. The van der Waals surface area contributed by atoms with Crippen LogP contribution in [0, 0.1) is 30.9 Å². The number of hydrogen-bond acceptors (Lipinski definition) is 6. The third kappa shape index (κ3) is 6.00. The summed E-state index contributed by atoms with van der Waals surface area (Å²) in [6.07, 6.45) is 0. The molecule has 36 heavy (non-hydrogen) atoms. The van der Waals surface area contributed by atoms with Gasteiger partial charge in [-0.2, -0.15) is 0 Å². The largest absolute Gasteiger partial charge is 0.487 e. The summed E-state index contributed by atoms with van der Waals surface area (Å²) < 4.78 is 7.76. The Hall–Kier alpha value is -3.07. The van der Waals surface area contributed by atoms with Crippen molar-refractivity contribution in [2.24, 2.45) is 0 Å². The predicted molar refractivity (Wildman–Crippen MR) is 143 cm³/mol. The van der Waals surface area contributed by atoms with E-state index in [1.54, 1.807) is 24.3 Å². The van der Waals surface area contributed by atoms with Crippen LogP contribution in [0.3, 0.4) is 0 Å². The first-order valence-electron chi connectivity index (χ1n) is 11.2. The van der Waals surface area contributed by atoms with E-state index in [0.29, 0.717) is 32.3 Å². The van der Waals surface area contributed by atoms with E-state index in [9.17, 15) is 10.1 Å². The van der Waals surface area contributed by atoms with Gasteiger partial charge < -0.3 is 4.74 Å². The summed E-state index contributed by atoms with van der Waals surface area (Å²) in [7, 11) is 0. The Balaban J connectivity index is 1.59. The minimum Gasteiger partial charge on any atom is -0.487 e. The third-order valence-corrected chi connectivity index (χ3v) is 7.62. The van der Waals surface area contributed by atoms with Gasteiger partial charge >= 0.3 is 0 Å². The molecule has 0 N–H and O–H groups in total. The fourth-order valence-electron chi connectivity index (χ4n) is 3.66. The lowest BCUT2D eigenvalue weighted by Crippen LogP contribution is -2.11. The molecule has 7 nitrogen and oxygen atoms in total. The van der Waals surface area contributed by atoms with Crippen molar-refractivity contribution in [3.05, 3.63) is 109 Å². The third-order valence-electron chi connectivity index (χ3n) is 5.78. The maximum Gasteiger partial charge on any atom is 0.220 e. The lowest BCUT2D eigenvalue weighted by atomic mass is 10.1. The van der Waals surface area contributed by atoms with Gasteiger partial charge in [0.15, 0.2) is 5.16 Å². The molecule has 4 aromatic rings. The van der Waals surface area contributed by atoms with E-state index in [1.807, 2.05) is 55.7 Å². The number of nitrogens with zero attached hydrogens (tertiary/aromatic N) is 4. The summed E-state index contributed by atoms with van der Waals surface area (Å²) in [5.74, 6) is 1.17. The summed E-state index contributed by atoms with van der Waals surface area (Å²) in [4.78, 5) is 11.2. The van der Waals surface area contributed by atoms with Crippen LogP contribution < -0.4 is 4.74 Å². The molecule has 4 rings (SSSR count). The Labute approximate surface area is 223 Å². The van der Waals surface area contributed by atoms with Crippen LogP contribution in [0.4, 0.5) is 0 Å². The number of nitro groups is 1. The number of rotatable bonds is 9. The van der Waals surface area contributed by atoms with E-state index in [4.69, 9.17) is 27.9 Å². The van der Waals surface area contributed by atoms with Crippen LogP contribution in [0.15, 0.2) is 65.8 Å². The molecule has 186 valence electrons. The Morgan fingerprint density at radius 1 is 1.00 bits per heavy atom. The minimum atomic E-state index is -0.538. The molecule has 1 atom stereocenters. The second-order valence-corrected chi connectivity index (χ2v) is 10.3. The quantitative estimate of drug-likeness (QED) is 0.126. The Morgan fingerprint density at radius 2 is 1.78 bits per heavy atom. The van der Waals surface area contributed by atoms with Gasteiger partial charge in [0.2, 0.25) is 6.54 Å². The first-order chi connectivity index (χ1) is 17.2. The van der Waals surface area contributed by atoms with Gasteiger partial charge in [-0.05, 0) is 67.8 Å². The van der Waals surface area contributed by atoms with Crippen molar-refractivity contribution in [1.29, 1.82) is 0 Å². The molecule has 0 bridgehead atoms. The van der Waals surface area contributed by atoms with Crippen molar-refractivity contribution < 1.29 is 9.66 Å². The highest BCUT2D eigenvalue weighted by atomic mass is 35.5. The van der Waals surface area contributed by atoms with Crippen LogP contribution in [0.2, 0.25) is 10.0 Å². The zero-order valence-corrected chi connectivity index (χ0v) is 22.3. The number of ether oxygens (including phenoxy) is 1. The second-order valence-electron chi connectivity index (χ2n) is 8.33. The monoisotopic (exact) mass is 542 g/mol. The molecular weight excluding hydrogens is 519 g/mol. The number of halogens is 2. The molecule has 0 aliphatic heterocycles. The molecule has 0 aliphatic carbocycles. The molecule has 0 saturated heterocycles. The first-order valence-corrected chi connectivity index (χ1v) is 12.8. The maximum atomic E-state index is 11.5. The van der Waals surface area contributed by atoms with E-state index in [0.717, 1.165) is 16.8 Å². The lowest BCUT2D eigenvalue weighted by Gasteiger charge is -2.16. The summed E-state index contributed by atoms with van der Waals surface area (Å²) in [5.41, 5.74) is 4.75. The van der Waals surface area contributed by atoms with E-state index in [1.165, 1.54) is 17.3 Å². The number of thioether (sulfide) groups is 1. The van der Waals surface area contributed by atoms with Crippen molar-refractivity contribution >= 4 is 35.0 Å². The molecule has 0 amide bonds. The summed E-state index contributed by atoms with van der Waals surface area (Å²) >= 11 is 14.0. The van der Waals surface area contributed by atoms with Crippen LogP contribution in [-0.2, 0) is 6.61 Å². The Kier molecular flexibility index (Phi) is 8.18. The molecule has 0 spiro atoms. The van der Waals surface area contributed by atoms with Gasteiger partial charge in [0.05, 0.1) is 5.02 Å². The van der Waals surface area contributed by atoms with Crippen molar-refractivity contribution in [3.63, 3.8) is 0 Å². The molecule has 1 aromatic heterocycles. The Morgan fingerprint density at radius 3 is 2.47 bits per heavy atom. The van der Waals surface area contributed by atoms with Gasteiger partial charge in [-0.3, -0.25) is 14.7 Å². The maximum absolute atomic E-state index is 11.5. The number of hydrogen-bond donors (Lipinski definition) is 0. The number of aromatic nitrogens is 3. The summed E-state index contributed by atoms with van der Waals surface area (Å²) in [6.45, 7) is 5.89. The van der Waals surface area contributed by atoms with Gasteiger partial charge in [0.25, 0.3) is 0 Å². The fourth-order valence-corrected chi connectivity index (χ4v) is 5.26. The van der Waals surface area contributed by atoms with Gasteiger partial charge in [-0.15, -0.1) is 10.2 Å². The van der Waals surface area contributed by atoms with Gasteiger partial charge in [0, 0.05) is 21.2 Å². The molecule has 0 unspecified atom stereocenters. The normalized spacial score (nSPS) is 11.9. The predicted octanol–water partition coefficient (Wildman–Crippen LogP) is 7.19.